The van der Waals surface area contributed by atoms with Crippen molar-refractivity contribution in [1.82, 2.24) is 14.9 Å². The number of anilines is 2. The van der Waals surface area contributed by atoms with E-state index in [0.29, 0.717) is 6.04 Å². The molecule has 0 radical (unpaired) electrons. The highest BCUT2D eigenvalue weighted by molar-refractivity contribution is 7.98. The van der Waals surface area contributed by atoms with Crippen molar-refractivity contribution < 1.29 is 0 Å². The van der Waals surface area contributed by atoms with Crippen molar-refractivity contribution in [3.05, 3.63) is 6.07 Å². The molecule has 0 spiro atoms. The van der Waals surface area contributed by atoms with Crippen molar-refractivity contribution in [1.29, 1.82) is 0 Å². The van der Waals surface area contributed by atoms with Crippen LogP contribution in [0.4, 0.5) is 11.6 Å². The molecule has 1 fully saturated rings. The fourth-order valence-corrected chi connectivity index (χ4v) is 2.76. The maximum Gasteiger partial charge on any atom is 0.191 e. The van der Waals surface area contributed by atoms with Crippen LogP contribution in [0, 0.1) is 0 Å². The standard InChI is InChI=1S/C14H25N5S/c1-5-7-15-12-9-13(17-14(16-12)20-4)19-8-6-11(10-19)18(2)3/h9,11H,5-8,10H2,1-4H3,(H,15,16,17). The Balaban J connectivity index is 2.14. The molecular formula is C14H25N5S. The predicted octanol–water partition coefficient (Wildman–Crippen LogP) is 2.16. The number of aromatic nitrogens is 2. The molecule has 20 heavy (non-hydrogen) atoms. The molecule has 0 aromatic carbocycles. The molecule has 1 aliphatic rings. The van der Waals surface area contributed by atoms with Crippen LogP contribution in [0.2, 0.25) is 0 Å². The van der Waals surface area contributed by atoms with Gasteiger partial charge >= 0.3 is 0 Å². The minimum absolute atomic E-state index is 0.620. The summed E-state index contributed by atoms with van der Waals surface area (Å²) in [5.41, 5.74) is 0. The van der Waals surface area contributed by atoms with Gasteiger partial charge in [-0.15, -0.1) is 0 Å². The highest BCUT2D eigenvalue weighted by Gasteiger charge is 2.25. The SMILES string of the molecule is CCCNc1cc(N2CCC(N(C)C)C2)nc(SC)n1. The van der Waals surface area contributed by atoms with Gasteiger partial charge in [0.25, 0.3) is 0 Å². The highest BCUT2D eigenvalue weighted by Crippen LogP contribution is 2.24. The molecule has 6 heteroatoms. The van der Waals surface area contributed by atoms with Crippen LogP contribution in [0.1, 0.15) is 19.8 Å². The Hall–Kier alpha value is -1.01. The zero-order valence-electron chi connectivity index (χ0n) is 12.9. The number of hydrogen-bond donors (Lipinski definition) is 1. The van der Waals surface area contributed by atoms with Gasteiger partial charge in [0.1, 0.15) is 11.6 Å². The van der Waals surface area contributed by atoms with Gasteiger partial charge in [0.15, 0.2) is 5.16 Å². The number of thioether (sulfide) groups is 1. The van der Waals surface area contributed by atoms with Gasteiger partial charge in [-0.1, -0.05) is 18.7 Å². The Bertz CT molecular complexity index is 438. The minimum atomic E-state index is 0.620. The maximum atomic E-state index is 4.66. The van der Waals surface area contributed by atoms with Crippen LogP contribution in [-0.4, -0.2) is 60.9 Å². The van der Waals surface area contributed by atoms with E-state index >= 15 is 0 Å². The lowest BCUT2D eigenvalue weighted by Crippen LogP contribution is -2.31. The maximum absolute atomic E-state index is 4.66. The van der Waals surface area contributed by atoms with Crippen molar-refractivity contribution in [3.63, 3.8) is 0 Å². The van der Waals surface area contributed by atoms with Crippen molar-refractivity contribution in [2.75, 3.05) is 50.2 Å². The number of likely N-dealkylation sites (N-methyl/N-ethyl adjacent to an activating group) is 1. The summed E-state index contributed by atoms with van der Waals surface area (Å²) in [5, 5.41) is 4.21. The molecule has 5 nitrogen and oxygen atoms in total. The van der Waals surface area contributed by atoms with E-state index in [9.17, 15) is 0 Å². The average Bonchev–Trinajstić information content (AvgIpc) is 2.94. The monoisotopic (exact) mass is 295 g/mol. The summed E-state index contributed by atoms with van der Waals surface area (Å²) >= 11 is 1.60. The first-order chi connectivity index (χ1) is 9.63. The van der Waals surface area contributed by atoms with Gasteiger partial charge in [0, 0.05) is 31.7 Å². The summed E-state index contributed by atoms with van der Waals surface area (Å²) in [6.45, 7) is 5.23. The van der Waals surface area contributed by atoms with E-state index in [0.717, 1.165) is 42.8 Å². The zero-order chi connectivity index (χ0) is 14.5. The third-order valence-corrected chi connectivity index (χ3v) is 4.20. The molecule has 1 aliphatic heterocycles. The van der Waals surface area contributed by atoms with E-state index in [2.05, 4.69) is 52.2 Å². The summed E-state index contributed by atoms with van der Waals surface area (Å²) in [6, 6.07) is 2.70. The average molecular weight is 295 g/mol. The predicted molar refractivity (Wildman–Crippen MR) is 86.9 cm³/mol. The number of nitrogens with zero attached hydrogens (tertiary/aromatic N) is 4. The van der Waals surface area contributed by atoms with Crippen molar-refractivity contribution >= 4 is 23.4 Å². The lowest BCUT2D eigenvalue weighted by Gasteiger charge is -2.21. The molecule has 1 atom stereocenters. The Morgan fingerprint density at radius 2 is 2.25 bits per heavy atom. The fraction of sp³-hybridized carbons (Fsp3) is 0.714. The molecule has 0 bridgehead atoms. The Labute approximate surface area is 126 Å². The van der Waals surface area contributed by atoms with Crippen LogP contribution >= 0.6 is 11.8 Å². The normalized spacial score (nSPS) is 18.9. The van der Waals surface area contributed by atoms with E-state index in [1.807, 2.05) is 6.26 Å². The van der Waals surface area contributed by atoms with E-state index in [4.69, 9.17) is 0 Å². The van der Waals surface area contributed by atoms with Gasteiger partial charge in [-0.05, 0) is 33.2 Å². The van der Waals surface area contributed by atoms with Crippen LogP contribution < -0.4 is 10.2 Å². The van der Waals surface area contributed by atoms with Crippen LogP contribution in [0.15, 0.2) is 11.2 Å². The summed E-state index contributed by atoms with van der Waals surface area (Å²) in [7, 11) is 4.30. The Kier molecular flexibility index (Phi) is 5.48. The molecule has 1 N–H and O–H groups in total. The largest absolute Gasteiger partial charge is 0.370 e. The second-order valence-corrected chi connectivity index (χ2v) is 6.15. The van der Waals surface area contributed by atoms with Gasteiger partial charge in [0.05, 0.1) is 0 Å². The quantitative estimate of drug-likeness (QED) is 0.641. The lowest BCUT2D eigenvalue weighted by molar-refractivity contribution is 0.315. The second-order valence-electron chi connectivity index (χ2n) is 5.38. The van der Waals surface area contributed by atoms with Crippen LogP contribution in [-0.2, 0) is 0 Å². The Morgan fingerprint density at radius 1 is 1.45 bits per heavy atom. The number of nitrogens with one attached hydrogen (secondary N) is 1. The summed E-state index contributed by atoms with van der Waals surface area (Å²) < 4.78 is 0. The van der Waals surface area contributed by atoms with Gasteiger partial charge in [0.2, 0.25) is 0 Å². The zero-order valence-corrected chi connectivity index (χ0v) is 13.7. The molecule has 2 rings (SSSR count). The summed E-state index contributed by atoms with van der Waals surface area (Å²) in [5.74, 6) is 1.99. The molecule has 1 aromatic heterocycles. The van der Waals surface area contributed by atoms with Gasteiger partial charge in [-0.25, -0.2) is 9.97 Å². The highest BCUT2D eigenvalue weighted by atomic mass is 32.2. The third-order valence-electron chi connectivity index (χ3n) is 3.65. The second kappa shape index (κ2) is 7.13. The van der Waals surface area contributed by atoms with E-state index in [-0.39, 0.29) is 0 Å². The fourth-order valence-electron chi connectivity index (χ4n) is 2.38. The van der Waals surface area contributed by atoms with E-state index in [1.165, 1.54) is 6.42 Å². The smallest absolute Gasteiger partial charge is 0.191 e. The molecule has 0 amide bonds. The minimum Gasteiger partial charge on any atom is -0.370 e. The van der Waals surface area contributed by atoms with Crippen LogP contribution in [0.3, 0.4) is 0 Å². The first kappa shape index (κ1) is 15.4. The molecule has 112 valence electrons. The molecule has 1 aromatic rings. The number of rotatable bonds is 6. The van der Waals surface area contributed by atoms with Gasteiger partial charge in [-0.3, -0.25) is 0 Å². The molecule has 0 aliphatic carbocycles. The van der Waals surface area contributed by atoms with E-state index < -0.39 is 0 Å². The van der Waals surface area contributed by atoms with Gasteiger partial charge in [-0.2, -0.15) is 0 Å². The molecule has 2 heterocycles. The molecule has 0 saturated carbocycles. The lowest BCUT2D eigenvalue weighted by atomic mass is 10.2. The topological polar surface area (TPSA) is 44.3 Å². The first-order valence-electron chi connectivity index (χ1n) is 7.22. The molecule has 1 unspecified atom stereocenters. The van der Waals surface area contributed by atoms with Crippen LogP contribution in [0.25, 0.3) is 0 Å². The van der Waals surface area contributed by atoms with Crippen molar-refractivity contribution in [2.45, 2.75) is 31.0 Å². The summed E-state index contributed by atoms with van der Waals surface area (Å²) in [6.07, 6.45) is 4.32. The Morgan fingerprint density at radius 3 is 2.85 bits per heavy atom. The molecule has 1 saturated heterocycles. The third kappa shape index (κ3) is 3.76. The molecular weight excluding hydrogens is 270 g/mol. The van der Waals surface area contributed by atoms with E-state index in [1.54, 1.807) is 11.8 Å². The van der Waals surface area contributed by atoms with Gasteiger partial charge < -0.3 is 15.1 Å². The first-order valence-corrected chi connectivity index (χ1v) is 8.44. The summed E-state index contributed by atoms with van der Waals surface area (Å²) in [4.78, 5) is 13.8. The number of hydrogen-bond acceptors (Lipinski definition) is 6. The van der Waals surface area contributed by atoms with Crippen molar-refractivity contribution in [2.24, 2.45) is 0 Å². The van der Waals surface area contributed by atoms with Crippen LogP contribution in [0.5, 0.6) is 0 Å². The van der Waals surface area contributed by atoms with Crippen molar-refractivity contribution in [3.8, 4) is 0 Å².